The highest BCUT2D eigenvalue weighted by Gasteiger charge is 2.47. The zero-order valence-electron chi connectivity index (χ0n) is 9.03. The maximum Gasteiger partial charge on any atom is 0.318 e. The number of hydrogen-bond donors (Lipinski definition) is 1. The average Bonchev–Trinajstić information content (AvgIpc) is 2.63. The zero-order valence-corrected chi connectivity index (χ0v) is 9.03. The second kappa shape index (κ2) is 4.96. The minimum absolute atomic E-state index is 0.296. The van der Waals surface area contributed by atoms with Crippen LogP contribution in [0.15, 0.2) is 17.8 Å². The molecule has 4 nitrogen and oxygen atoms in total. The minimum Gasteiger partial charge on any atom is -0.465 e. The number of oxime groups is 1. The quantitative estimate of drug-likeness (QED) is 0.335. The van der Waals surface area contributed by atoms with Crippen molar-refractivity contribution in [3.8, 4) is 0 Å². The molecular weight excluding hydrogens is 194 g/mol. The third-order valence-corrected chi connectivity index (χ3v) is 2.85. The number of carbonyl (C=O) groups excluding carboxylic acids is 1. The molecule has 0 bridgehead atoms. The first kappa shape index (κ1) is 11.8. The fourth-order valence-electron chi connectivity index (χ4n) is 2.13. The van der Waals surface area contributed by atoms with Crippen LogP contribution >= 0.6 is 0 Å². The summed E-state index contributed by atoms with van der Waals surface area (Å²) in [6.45, 7) is 5.75. The Morgan fingerprint density at radius 3 is 3.07 bits per heavy atom. The third kappa shape index (κ3) is 2.03. The monoisotopic (exact) mass is 211 g/mol. The number of esters is 1. The largest absolute Gasteiger partial charge is 0.465 e. The van der Waals surface area contributed by atoms with Gasteiger partial charge in [0, 0.05) is 0 Å². The van der Waals surface area contributed by atoms with E-state index in [4.69, 9.17) is 9.94 Å². The molecule has 0 aromatic heterocycles. The topological polar surface area (TPSA) is 58.9 Å². The molecule has 0 aliphatic heterocycles. The van der Waals surface area contributed by atoms with Crippen molar-refractivity contribution in [1.29, 1.82) is 0 Å². The van der Waals surface area contributed by atoms with Crippen LogP contribution in [0.4, 0.5) is 0 Å². The first-order valence-electron chi connectivity index (χ1n) is 5.20. The van der Waals surface area contributed by atoms with Gasteiger partial charge < -0.3 is 9.94 Å². The van der Waals surface area contributed by atoms with Gasteiger partial charge in [0.1, 0.15) is 5.41 Å². The second-order valence-electron chi connectivity index (χ2n) is 3.70. The summed E-state index contributed by atoms with van der Waals surface area (Å²) in [5.74, 6) is -0.296. The summed E-state index contributed by atoms with van der Waals surface area (Å²) in [7, 11) is 0. The molecule has 1 rings (SSSR count). The van der Waals surface area contributed by atoms with Crippen LogP contribution in [0.5, 0.6) is 0 Å². The highest BCUT2D eigenvalue weighted by molar-refractivity contribution is 6.08. The van der Waals surface area contributed by atoms with Gasteiger partial charge in [0.2, 0.25) is 0 Å². The van der Waals surface area contributed by atoms with E-state index in [0.717, 1.165) is 6.42 Å². The highest BCUT2D eigenvalue weighted by atomic mass is 16.5. The van der Waals surface area contributed by atoms with Crippen LogP contribution in [0, 0.1) is 5.41 Å². The molecule has 0 heterocycles. The summed E-state index contributed by atoms with van der Waals surface area (Å²) in [6.07, 6.45) is 4.34. The van der Waals surface area contributed by atoms with Crippen molar-refractivity contribution in [2.75, 3.05) is 6.61 Å². The van der Waals surface area contributed by atoms with E-state index >= 15 is 0 Å². The van der Waals surface area contributed by atoms with Crippen LogP contribution in [-0.4, -0.2) is 23.5 Å². The molecule has 0 aromatic rings. The number of rotatable bonds is 4. The normalized spacial score (nSPS) is 27.9. The molecule has 0 spiro atoms. The van der Waals surface area contributed by atoms with Gasteiger partial charge in [0.05, 0.1) is 12.3 Å². The van der Waals surface area contributed by atoms with E-state index in [-0.39, 0.29) is 5.97 Å². The molecule has 0 saturated heterocycles. The third-order valence-electron chi connectivity index (χ3n) is 2.85. The molecule has 0 amide bonds. The van der Waals surface area contributed by atoms with Crippen molar-refractivity contribution in [2.24, 2.45) is 10.6 Å². The van der Waals surface area contributed by atoms with Gasteiger partial charge >= 0.3 is 5.97 Å². The van der Waals surface area contributed by atoms with Crippen molar-refractivity contribution >= 4 is 11.7 Å². The van der Waals surface area contributed by atoms with Crippen molar-refractivity contribution in [2.45, 2.75) is 32.6 Å². The summed E-state index contributed by atoms with van der Waals surface area (Å²) in [4.78, 5) is 11.9. The van der Waals surface area contributed by atoms with Crippen LogP contribution in [0.3, 0.4) is 0 Å². The fraction of sp³-hybridized carbons (Fsp3) is 0.636. The van der Waals surface area contributed by atoms with E-state index in [9.17, 15) is 4.79 Å². The second-order valence-corrected chi connectivity index (χ2v) is 3.70. The molecule has 1 unspecified atom stereocenters. The van der Waals surface area contributed by atoms with Gasteiger partial charge in [-0.1, -0.05) is 11.2 Å². The standard InChI is InChI=1S/C11H17NO3/c1-3-7-11(10(13)15-4-2)8-5-6-9(11)12-14/h3,14H,1,4-8H2,2H3/b12-9+. The van der Waals surface area contributed by atoms with E-state index in [0.29, 0.717) is 31.6 Å². The Morgan fingerprint density at radius 2 is 2.53 bits per heavy atom. The minimum atomic E-state index is -0.757. The van der Waals surface area contributed by atoms with Gasteiger partial charge in [0.25, 0.3) is 0 Å². The predicted octanol–water partition coefficient (Wildman–Crippen LogP) is 2.13. The van der Waals surface area contributed by atoms with Crippen LogP contribution in [0.1, 0.15) is 32.6 Å². The van der Waals surface area contributed by atoms with Crippen molar-refractivity contribution in [1.82, 2.24) is 0 Å². The maximum absolute atomic E-state index is 11.9. The van der Waals surface area contributed by atoms with Gasteiger partial charge in [-0.05, 0) is 32.6 Å². The van der Waals surface area contributed by atoms with Crippen LogP contribution in [-0.2, 0) is 9.53 Å². The SMILES string of the molecule is C=CCC1(C(=O)OCC)CCC/C1=N\O. The van der Waals surface area contributed by atoms with Crippen LogP contribution in [0.25, 0.3) is 0 Å². The highest BCUT2D eigenvalue weighted by Crippen LogP contribution is 2.40. The van der Waals surface area contributed by atoms with Gasteiger partial charge in [-0.15, -0.1) is 6.58 Å². The lowest BCUT2D eigenvalue weighted by atomic mass is 9.81. The molecule has 0 aromatic carbocycles. The van der Waals surface area contributed by atoms with Crippen molar-refractivity contribution in [3.63, 3.8) is 0 Å². The Bertz CT molecular complexity index is 286. The Kier molecular flexibility index (Phi) is 3.88. The van der Waals surface area contributed by atoms with E-state index < -0.39 is 5.41 Å². The van der Waals surface area contributed by atoms with E-state index in [1.165, 1.54) is 0 Å². The Balaban J connectivity index is 2.96. The summed E-state index contributed by atoms with van der Waals surface area (Å²) in [5, 5.41) is 12.1. The lowest BCUT2D eigenvalue weighted by molar-refractivity contribution is -0.151. The number of ether oxygens (including phenoxy) is 1. The molecule has 1 aliphatic rings. The number of carbonyl (C=O) groups is 1. The lowest BCUT2D eigenvalue weighted by Crippen LogP contribution is -2.36. The van der Waals surface area contributed by atoms with Gasteiger partial charge in [-0.2, -0.15) is 0 Å². The Morgan fingerprint density at radius 1 is 1.80 bits per heavy atom. The van der Waals surface area contributed by atoms with E-state index in [1.54, 1.807) is 13.0 Å². The molecule has 1 aliphatic carbocycles. The molecule has 1 N–H and O–H groups in total. The zero-order chi connectivity index (χ0) is 11.3. The first-order chi connectivity index (χ1) is 7.21. The summed E-state index contributed by atoms with van der Waals surface area (Å²) in [6, 6.07) is 0. The summed E-state index contributed by atoms with van der Waals surface area (Å²) >= 11 is 0. The molecule has 84 valence electrons. The fourth-order valence-corrected chi connectivity index (χ4v) is 2.13. The van der Waals surface area contributed by atoms with Gasteiger partial charge in [-0.3, -0.25) is 4.79 Å². The summed E-state index contributed by atoms with van der Waals surface area (Å²) in [5.41, 5.74) is -0.229. The first-order valence-corrected chi connectivity index (χ1v) is 5.20. The summed E-state index contributed by atoms with van der Waals surface area (Å²) < 4.78 is 5.04. The van der Waals surface area contributed by atoms with E-state index in [1.807, 2.05) is 0 Å². The molecule has 1 atom stereocenters. The number of allylic oxidation sites excluding steroid dienone is 1. The molecule has 1 fully saturated rings. The van der Waals surface area contributed by atoms with Crippen LogP contribution < -0.4 is 0 Å². The Labute approximate surface area is 89.6 Å². The van der Waals surface area contributed by atoms with Gasteiger partial charge in [0.15, 0.2) is 0 Å². The lowest BCUT2D eigenvalue weighted by Gasteiger charge is -2.25. The predicted molar refractivity (Wildman–Crippen MR) is 57.0 cm³/mol. The van der Waals surface area contributed by atoms with Crippen molar-refractivity contribution in [3.05, 3.63) is 12.7 Å². The van der Waals surface area contributed by atoms with Crippen molar-refractivity contribution < 1.29 is 14.7 Å². The smallest absolute Gasteiger partial charge is 0.318 e. The van der Waals surface area contributed by atoms with E-state index in [2.05, 4.69) is 11.7 Å². The molecule has 1 saturated carbocycles. The maximum atomic E-state index is 11.9. The van der Waals surface area contributed by atoms with Crippen LogP contribution in [0.2, 0.25) is 0 Å². The molecule has 15 heavy (non-hydrogen) atoms. The number of hydrogen-bond acceptors (Lipinski definition) is 4. The van der Waals surface area contributed by atoms with Gasteiger partial charge in [-0.25, -0.2) is 0 Å². The Hall–Kier alpha value is -1.32. The molecule has 4 heteroatoms. The molecule has 0 radical (unpaired) electrons. The number of nitrogens with zero attached hydrogens (tertiary/aromatic N) is 1. The average molecular weight is 211 g/mol. The molecular formula is C11H17NO3.